The third-order valence-corrected chi connectivity index (χ3v) is 6.58. The quantitative estimate of drug-likeness (QED) is 0.368. The summed E-state index contributed by atoms with van der Waals surface area (Å²) in [4.78, 5) is 29.5. The number of fused-ring (bicyclic) bond motifs is 3. The third kappa shape index (κ3) is 4.45. The molecule has 0 saturated carbocycles. The Kier molecular flexibility index (Phi) is 5.69. The third-order valence-electron chi connectivity index (χ3n) is 6.58. The van der Waals surface area contributed by atoms with Crippen LogP contribution in [0.2, 0.25) is 0 Å². The van der Waals surface area contributed by atoms with Gasteiger partial charge in [0, 0.05) is 17.6 Å². The number of rotatable bonds is 5. The summed E-state index contributed by atoms with van der Waals surface area (Å²) >= 11 is 0. The number of para-hydroxylation sites is 1. The lowest BCUT2D eigenvalue weighted by molar-refractivity contribution is 0.0951. The number of nitrogens with zero attached hydrogens (tertiary/aromatic N) is 1. The van der Waals surface area contributed by atoms with Crippen LogP contribution < -0.4 is 25.8 Å². The Labute approximate surface area is 213 Å². The van der Waals surface area contributed by atoms with E-state index in [1.807, 2.05) is 54.6 Å². The lowest BCUT2D eigenvalue weighted by Crippen LogP contribution is -2.24. The number of urea groups is 1. The van der Waals surface area contributed by atoms with Crippen molar-refractivity contribution in [2.24, 2.45) is 5.73 Å². The van der Waals surface area contributed by atoms with Crippen LogP contribution in [0.25, 0.3) is 22.6 Å². The molecule has 6 rings (SSSR count). The van der Waals surface area contributed by atoms with E-state index in [0.717, 1.165) is 63.2 Å². The van der Waals surface area contributed by atoms with Crippen molar-refractivity contribution in [3.05, 3.63) is 94.7 Å². The number of carbonyl (C=O) groups is 2. The maximum Gasteiger partial charge on any atom is 0.316 e. The summed E-state index contributed by atoms with van der Waals surface area (Å²) < 4.78 is 10.9. The number of nitrogens with two attached hydrogens (primary N) is 1. The summed E-state index contributed by atoms with van der Waals surface area (Å²) in [7, 11) is 0. The fraction of sp³-hybridized carbons (Fsp3) is 0.138. The zero-order valence-electron chi connectivity index (χ0n) is 19.9. The van der Waals surface area contributed by atoms with Gasteiger partial charge < -0.3 is 25.8 Å². The molecule has 0 spiro atoms. The SMILES string of the molecule is NC(=O)Nc1ccc(CNC(=O)c2c3c(nc4ccccc24)/C(=C/c2ccc4c(c2)OCO4)CC3)cc1. The molecule has 184 valence electrons. The number of hydrogen-bond acceptors (Lipinski definition) is 5. The lowest BCUT2D eigenvalue weighted by atomic mass is 9.99. The maximum atomic E-state index is 13.5. The van der Waals surface area contributed by atoms with Gasteiger partial charge in [-0.25, -0.2) is 9.78 Å². The molecule has 0 radical (unpaired) electrons. The van der Waals surface area contributed by atoms with Crippen LogP contribution in [0, 0.1) is 0 Å². The summed E-state index contributed by atoms with van der Waals surface area (Å²) in [6.45, 7) is 0.583. The van der Waals surface area contributed by atoms with Crippen molar-refractivity contribution in [2.75, 3.05) is 12.1 Å². The normalized spacial score (nSPS) is 14.5. The van der Waals surface area contributed by atoms with Crippen molar-refractivity contribution < 1.29 is 19.1 Å². The molecule has 2 heterocycles. The van der Waals surface area contributed by atoms with Crippen LogP contribution in [0.3, 0.4) is 0 Å². The van der Waals surface area contributed by atoms with E-state index in [-0.39, 0.29) is 12.7 Å². The number of carbonyl (C=O) groups excluding carboxylic acids is 2. The Morgan fingerprint density at radius 2 is 1.78 bits per heavy atom. The van der Waals surface area contributed by atoms with Gasteiger partial charge in [-0.1, -0.05) is 36.4 Å². The van der Waals surface area contributed by atoms with Crippen LogP contribution in [0.5, 0.6) is 11.5 Å². The van der Waals surface area contributed by atoms with E-state index in [1.165, 1.54) is 0 Å². The molecule has 8 nitrogen and oxygen atoms in total. The highest BCUT2D eigenvalue weighted by molar-refractivity contribution is 6.09. The van der Waals surface area contributed by atoms with Crippen molar-refractivity contribution >= 4 is 40.2 Å². The minimum Gasteiger partial charge on any atom is -0.454 e. The van der Waals surface area contributed by atoms with Crippen LogP contribution in [0.4, 0.5) is 10.5 Å². The van der Waals surface area contributed by atoms with Gasteiger partial charge in [0.15, 0.2) is 11.5 Å². The van der Waals surface area contributed by atoms with Gasteiger partial charge in [-0.05, 0) is 71.5 Å². The van der Waals surface area contributed by atoms with Gasteiger partial charge in [-0.2, -0.15) is 0 Å². The fourth-order valence-corrected chi connectivity index (χ4v) is 4.86. The summed E-state index contributed by atoms with van der Waals surface area (Å²) in [5.74, 6) is 1.34. The molecular weight excluding hydrogens is 468 g/mol. The monoisotopic (exact) mass is 492 g/mol. The van der Waals surface area contributed by atoms with E-state index >= 15 is 0 Å². The van der Waals surface area contributed by atoms with Crippen LogP contribution in [-0.2, 0) is 13.0 Å². The van der Waals surface area contributed by atoms with E-state index < -0.39 is 6.03 Å². The van der Waals surface area contributed by atoms with Crippen molar-refractivity contribution in [2.45, 2.75) is 19.4 Å². The minimum atomic E-state index is -0.619. The maximum absolute atomic E-state index is 13.5. The molecule has 1 aromatic heterocycles. The molecule has 3 aromatic carbocycles. The van der Waals surface area contributed by atoms with E-state index in [4.69, 9.17) is 20.2 Å². The van der Waals surface area contributed by atoms with Crippen LogP contribution in [0.1, 0.15) is 39.2 Å². The number of aromatic nitrogens is 1. The van der Waals surface area contributed by atoms with Crippen molar-refractivity contribution in [3.63, 3.8) is 0 Å². The Hall–Kier alpha value is -4.85. The first-order valence-corrected chi connectivity index (χ1v) is 12.0. The van der Waals surface area contributed by atoms with Gasteiger partial charge in [-0.3, -0.25) is 4.79 Å². The number of hydrogen-bond donors (Lipinski definition) is 3. The first-order valence-electron chi connectivity index (χ1n) is 12.0. The average molecular weight is 493 g/mol. The highest BCUT2D eigenvalue weighted by Crippen LogP contribution is 2.39. The summed E-state index contributed by atoms with van der Waals surface area (Å²) in [5, 5.41) is 6.43. The molecule has 4 N–H and O–H groups in total. The zero-order valence-corrected chi connectivity index (χ0v) is 19.9. The minimum absolute atomic E-state index is 0.140. The number of ether oxygens (including phenoxy) is 2. The molecule has 0 atom stereocenters. The van der Waals surface area contributed by atoms with Crippen molar-refractivity contribution in [3.8, 4) is 11.5 Å². The Bertz CT molecular complexity index is 1580. The zero-order chi connectivity index (χ0) is 25.4. The summed E-state index contributed by atoms with van der Waals surface area (Å²) in [6.07, 6.45) is 3.64. The van der Waals surface area contributed by atoms with Gasteiger partial charge in [-0.15, -0.1) is 0 Å². The molecule has 0 saturated heterocycles. The van der Waals surface area contributed by atoms with Crippen LogP contribution >= 0.6 is 0 Å². The number of allylic oxidation sites excluding steroid dienone is 1. The molecule has 4 aromatic rings. The Morgan fingerprint density at radius 3 is 2.62 bits per heavy atom. The number of amides is 3. The Morgan fingerprint density at radius 1 is 0.973 bits per heavy atom. The standard InChI is InChI=1S/C29H24N4O4/c30-29(35)32-20-9-5-17(6-10-20)15-31-28(34)26-21-3-1-2-4-23(21)33-27-19(8-11-22(26)27)13-18-7-12-24-25(14-18)37-16-36-24/h1-7,9-10,12-14H,8,11,15-16H2,(H,31,34)(H3,30,32,35)/b19-13+. The Balaban J connectivity index is 1.31. The van der Waals surface area contributed by atoms with Crippen molar-refractivity contribution in [1.29, 1.82) is 0 Å². The molecule has 3 amide bonds. The number of anilines is 1. The predicted octanol–water partition coefficient (Wildman–Crippen LogP) is 4.87. The van der Waals surface area contributed by atoms with Gasteiger partial charge in [0.2, 0.25) is 6.79 Å². The van der Waals surface area contributed by atoms with E-state index in [9.17, 15) is 9.59 Å². The average Bonchev–Trinajstić information content (AvgIpc) is 3.53. The van der Waals surface area contributed by atoms with Crippen molar-refractivity contribution in [1.82, 2.24) is 10.3 Å². The molecular formula is C29H24N4O4. The first kappa shape index (κ1) is 22.6. The second-order valence-corrected chi connectivity index (χ2v) is 8.98. The molecule has 0 bridgehead atoms. The molecule has 8 heteroatoms. The topological polar surface area (TPSA) is 116 Å². The predicted molar refractivity (Wildman–Crippen MR) is 141 cm³/mol. The highest BCUT2D eigenvalue weighted by atomic mass is 16.7. The number of primary amides is 1. The molecule has 37 heavy (non-hydrogen) atoms. The first-order chi connectivity index (χ1) is 18.0. The molecule has 1 aliphatic heterocycles. The molecule has 1 aliphatic carbocycles. The van der Waals surface area contributed by atoms with E-state index in [1.54, 1.807) is 12.1 Å². The second kappa shape index (κ2) is 9.31. The summed E-state index contributed by atoms with van der Waals surface area (Å²) in [6, 6.07) is 20.2. The number of benzene rings is 3. The summed E-state index contributed by atoms with van der Waals surface area (Å²) in [5.41, 5.74) is 12.0. The highest BCUT2D eigenvalue weighted by Gasteiger charge is 2.27. The van der Waals surface area contributed by atoms with Gasteiger partial charge in [0.05, 0.1) is 16.8 Å². The lowest BCUT2D eigenvalue weighted by Gasteiger charge is -2.13. The van der Waals surface area contributed by atoms with Gasteiger partial charge in [0.25, 0.3) is 5.91 Å². The molecule has 0 unspecified atom stereocenters. The van der Waals surface area contributed by atoms with Gasteiger partial charge in [0.1, 0.15) is 0 Å². The van der Waals surface area contributed by atoms with E-state index in [0.29, 0.717) is 17.8 Å². The fourth-order valence-electron chi connectivity index (χ4n) is 4.86. The largest absolute Gasteiger partial charge is 0.454 e. The van der Waals surface area contributed by atoms with Crippen LogP contribution in [0.15, 0.2) is 66.7 Å². The number of nitrogens with one attached hydrogen (secondary N) is 2. The van der Waals surface area contributed by atoms with Gasteiger partial charge >= 0.3 is 6.03 Å². The van der Waals surface area contributed by atoms with Crippen LogP contribution in [-0.4, -0.2) is 23.7 Å². The smallest absolute Gasteiger partial charge is 0.316 e. The van der Waals surface area contributed by atoms with E-state index in [2.05, 4.69) is 16.7 Å². The molecule has 2 aliphatic rings. The number of pyridine rings is 1. The molecule has 0 fully saturated rings. The second-order valence-electron chi connectivity index (χ2n) is 8.98.